The Balaban J connectivity index is 1.53. The van der Waals surface area contributed by atoms with Crippen molar-refractivity contribution in [3.63, 3.8) is 0 Å². The fourth-order valence-corrected chi connectivity index (χ4v) is 3.94. The van der Waals surface area contributed by atoms with Crippen molar-refractivity contribution >= 4 is 29.0 Å². The van der Waals surface area contributed by atoms with E-state index in [1.165, 1.54) is 23.9 Å². The van der Waals surface area contributed by atoms with Crippen LogP contribution in [0.3, 0.4) is 0 Å². The van der Waals surface area contributed by atoms with Crippen LogP contribution in [0.15, 0.2) is 84.0 Å². The van der Waals surface area contributed by atoms with E-state index in [1.54, 1.807) is 12.1 Å². The average molecular weight is 448 g/mol. The highest BCUT2D eigenvalue weighted by Gasteiger charge is 2.17. The van der Waals surface area contributed by atoms with Crippen LogP contribution in [0.1, 0.15) is 11.4 Å². The van der Waals surface area contributed by atoms with E-state index in [4.69, 9.17) is 0 Å². The summed E-state index contributed by atoms with van der Waals surface area (Å²) in [4.78, 5) is 12.4. The average Bonchev–Trinajstić information content (AvgIpc) is 3.21. The summed E-state index contributed by atoms with van der Waals surface area (Å²) in [5.41, 5.74) is 3.14. The Kier molecular flexibility index (Phi) is 6.81. The minimum atomic E-state index is -0.469. The summed E-state index contributed by atoms with van der Waals surface area (Å²) in [5, 5.41) is 15.2. The lowest BCUT2D eigenvalue weighted by molar-refractivity contribution is -0.113. The van der Waals surface area contributed by atoms with E-state index in [-0.39, 0.29) is 17.3 Å². The largest absolute Gasteiger partial charge is 0.378 e. The summed E-state index contributed by atoms with van der Waals surface area (Å²) in [5.74, 6) is 0.0107. The summed E-state index contributed by atoms with van der Waals surface area (Å²) in [6.07, 6.45) is 0. The lowest BCUT2D eigenvalue weighted by Gasteiger charge is -2.13. The number of benzene rings is 3. The van der Waals surface area contributed by atoms with E-state index in [2.05, 4.69) is 20.8 Å². The van der Waals surface area contributed by atoms with Crippen LogP contribution in [-0.4, -0.2) is 26.4 Å². The van der Waals surface area contributed by atoms with Crippen LogP contribution in [0.25, 0.3) is 5.69 Å². The summed E-state index contributed by atoms with van der Waals surface area (Å²) in [7, 11) is 0. The van der Waals surface area contributed by atoms with Gasteiger partial charge in [0.15, 0.2) is 11.0 Å². The quantitative estimate of drug-likeness (QED) is 0.370. The Morgan fingerprint density at radius 3 is 2.47 bits per heavy atom. The van der Waals surface area contributed by atoms with E-state index in [0.717, 1.165) is 22.8 Å². The third-order valence-electron chi connectivity index (χ3n) is 4.76. The lowest BCUT2D eigenvalue weighted by Crippen LogP contribution is -2.16. The molecule has 2 N–H and O–H groups in total. The summed E-state index contributed by atoms with van der Waals surface area (Å²) in [6, 6.07) is 23.9. The van der Waals surface area contributed by atoms with Crippen LogP contribution in [0.5, 0.6) is 0 Å². The predicted molar refractivity (Wildman–Crippen MR) is 126 cm³/mol. The molecule has 32 heavy (non-hydrogen) atoms. The molecule has 1 aromatic heterocycles. The summed E-state index contributed by atoms with van der Waals surface area (Å²) in [6.45, 7) is 2.48. The maximum Gasteiger partial charge on any atom is 0.234 e. The number of hydrogen-bond donors (Lipinski definition) is 2. The highest BCUT2D eigenvalue weighted by molar-refractivity contribution is 7.99. The normalized spacial score (nSPS) is 10.7. The number of anilines is 2. The minimum absolute atomic E-state index is 0.0739. The molecule has 0 saturated carbocycles. The van der Waals surface area contributed by atoms with Gasteiger partial charge in [0.2, 0.25) is 5.91 Å². The van der Waals surface area contributed by atoms with Crippen molar-refractivity contribution in [2.75, 3.05) is 16.4 Å². The second-order valence-corrected chi connectivity index (χ2v) is 8.00. The molecule has 0 aliphatic rings. The molecule has 8 heteroatoms. The smallest absolute Gasteiger partial charge is 0.234 e. The van der Waals surface area contributed by atoms with Gasteiger partial charge in [0, 0.05) is 5.69 Å². The SMILES string of the molecule is Cc1ccccc1-n1c(CNc2ccccc2)nnc1SCC(=O)Nc1ccccc1F. The third-order valence-corrected chi connectivity index (χ3v) is 5.69. The molecule has 0 unspecified atom stereocenters. The molecule has 1 amide bonds. The molecular weight excluding hydrogens is 425 g/mol. The van der Waals surface area contributed by atoms with Crippen LogP contribution in [0.4, 0.5) is 15.8 Å². The molecule has 0 saturated heterocycles. The van der Waals surface area contributed by atoms with Crippen LogP contribution >= 0.6 is 11.8 Å². The Hall–Kier alpha value is -3.65. The molecule has 0 aliphatic heterocycles. The van der Waals surface area contributed by atoms with Gasteiger partial charge in [-0.05, 0) is 42.8 Å². The number of hydrogen-bond acceptors (Lipinski definition) is 5. The minimum Gasteiger partial charge on any atom is -0.378 e. The van der Waals surface area contributed by atoms with Crippen molar-refractivity contribution in [2.45, 2.75) is 18.6 Å². The molecule has 0 fully saturated rings. The molecule has 0 aliphatic carbocycles. The Labute approximate surface area is 189 Å². The van der Waals surface area contributed by atoms with Gasteiger partial charge in [0.25, 0.3) is 0 Å². The highest BCUT2D eigenvalue weighted by Crippen LogP contribution is 2.25. The van der Waals surface area contributed by atoms with E-state index >= 15 is 0 Å². The lowest BCUT2D eigenvalue weighted by atomic mass is 10.2. The van der Waals surface area contributed by atoms with E-state index in [0.29, 0.717) is 11.7 Å². The van der Waals surface area contributed by atoms with Gasteiger partial charge in [-0.3, -0.25) is 9.36 Å². The standard InChI is InChI=1S/C24H22FN5OS/c1-17-9-5-8-14-21(17)30-22(15-26-18-10-3-2-4-11-18)28-29-24(30)32-16-23(31)27-20-13-7-6-12-19(20)25/h2-14,26H,15-16H2,1H3,(H,27,31). The first-order valence-electron chi connectivity index (χ1n) is 10.1. The number of thioether (sulfide) groups is 1. The molecule has 0 spiro atoms. The molecule has 0 radical (unpaired) electrons. The van der Waals surface area contributed by atoms with Crippen molar-refractivity contribution in [1.29, 1.82) is 0 Å². The number of aromatic nitrogens is 3. The molecule has 3 aromatic carbocycles. The van der Waals surface area contributed by atoms with Crippen LogP contribution in [0.2, 0.25) is 0 Å². The topological polar surface area (TPSA) is 71.8 Å². The molecule has 0 atom stereocenters. The second kappa shape index (κ2) is 10.1. The first kappa shape index (κ1) is 21.6. The van der Waals surface area contributed by atoms with Gasteiger partial charge in [-0.1, -0.05) is 60.3 Å². The number of carbonyl (C=O) groups excluding carboxylic acids is 1. The molecule has 6 nitrogen and oxygen atoms in total. The summed E-state index contributed by atoms with van der Waals surface area (Å²) >= 11 is 1.25. The van der Waals surface area contributed by atoms with Crippen LogP contribution < -0.4 is 10.6 Å². The van der Waals surface area contributed by atoms with Gasteiger partial charge in [-0.25, -0.2) is 4.39 Å². The Bertz CT molecular complexity index is 1210. The van der Waals surface area contributed by atoms with E-state index < -0.39 is 5.82 Å². The molecule has 4 rings (SSSR count). The third kappa shape index (κ3) is 5.15. The number of halogens is 1. The van der Waals surface area contributed by atoms with Gasteiger partial charge in [0.1, 0.15) is 5.82 Å². The zero-order chi connectivity index (χ0) is 22.3. The first-order chi connectivity index (χ1) is 15.6. The van der Waals surface area contributed by atoms with Crippen molar-refractivity contribution in [3.8, 4) is 5.69 Å². The fraction of sp³-hybridized carbons (Fsp3) is 0.125. The Morgan fingerprint density at radius 1 is 0.969 bits per heavy atom. The summed E-state index contributed by atoms with van der Waals surface area (Å²) < 4.78 is 15.8. The molecular formula is C24H22FN5OS. The monoisotopic (exact) mass is 447 g/mol. The first-order valence-corrected chi connectivity index (χ1v) is 11.1. The molecule has 162 valence electrons. The van der Waals surface area contributed by atoms with Gasteiger partial charge >= 0.3 is 0 Å². The van der Waals surface area contributed by atoms with E-state index in [1.807, 2.05) is 66.1 Å². The number of nitrogens with one attached hydrogen (secondary N) is 2. The number of para-hydroxylation sites is 3. The van der Waals surface area contributed by atoms with E-state index in [9.17, 15) is 9.18 Å². The zero-order valence-electron chi connectivity index (χ0n) is 17.5. The number of carbonyl (C=O) groups is 1. The van der Waals surface area contributed by atoms with Gasteiger partial charge in [-0.2, -0.15) is 0 Å². The maximum atomic E-state index is 13.8. The second-order valence-electron chi connectivity index (χ2n) is 7.06. The van der Waals surface area contributed by atoms with Crippen molar-refractivity contribution in [1.82, 2.24) is 14.8 Å². The number of amides is 1. The zero-order valence-corrected chi connectivity index (χ0v) is 18.3. The molecule has 4 aromatic rings. The maximum absolute atomic E-state index is 13.8. The number of aryl methyl sites for hydroxylation is 1. The van der Waals surface area contributed by atoms with Crippen LogP contribution in [-0.2, 0) is 11.3 Å². The Morgan fingerprint density at radius 2 is 1.69 bits per heavy atom. The molecule has 1 heterocycles. The van der Waals surface area contributed by atoms with Gasteiger partial charge in [0.05, 0.1) is 23.7 Å². The number of rotatable bonds is 8. The van der Waals surface area contributed by atoms with Crippen molar-refractivity contribution < 1.29 is 9.18 Å². The molecule has 0 bridgehead atoms. The van der Waals surface area contributed by atoms with Crippen molar-refractivity contribution in [2.24, 2.45) is 0 Å². The highest BCUT2D eigenvalue weighted by atomic mass is 32.2. The fourth-order valence-electron chi connectivity index (χ4n) is 3.18. The van der Waals surface area contributed by atoms with Gasteiger partial charge < -0.3 is 10.6 Å². The van der Waals surface area contributed by atoms with Gasteiger partial charge in [-0.15, -0.1) is 10.2 Å². The number of nitrogens with zero attached hydrogens (tertiary/aromatic N) is 3. The predicted octanol–water partition coefficient (Wildman–Crippen LogP) is 5.06. The van der Waals surface area contributed by atoms with Crippen molar-refractivity contribution in [3.05, 3.63) is 96.1 Å². The van der Waals surface area contributed by atoms with Crippen LogP contribution in [0, 0.1) is 12.7 Å².